The summed E-state index contributed by atoms with van der Waals surface area (Å²) >= 11 is 0. The average molecular weight is 377 g/mol. The van der Waals surface area contributed by atoms with E-state index in [2.05, 4.69) is 73.7 Å². The Kier molecular flexibility index (Phi) is 4.01. The molecule has 29 heavy (non-hydrogen) atoms. The molecule has 0 radical (unpaired) electrons. The van der Waals surface area contributed by atoms with Crippen molar-refractivity contribution in [1.29, 1.82) is 0 Å². The van der Waals surface area contributed by atoms with E-state index in [9.17, 15) is 0 Å². The highest BCUT2D eigenvalue weighted by Gasteiger charge is 2.32. The van der Waals surface area contributed by atoms with Gasteiger partial charge in [-0.1, -0.05) is 72.3 Å². The molecule has 0 spiro atoms. The van der Waals surface area contributed by atoms with Gasteiger partial charge < -0.3 is 0 Å². The molecule has 0 saturated heterocycles. The van der Waals surface area contributed by atoms with E-state index in [1.807, 2.05) is 0 Å². The Morgan fingerprint density at radius 2 is 1.38 bits per heavy atom. The Balaban J connectivity index is 1.34. The molecule has 3 aromatic carbocycles. The molecule has 0 N–H and O–H groups in total. The van der Waals surface area contributed by atoms with Gasteiger partial charge in [0.25, 0.3) is 0 Å². The molecule has 0 heteroatoms. The second-order valence-electron chi connectivity index (χ2n) is 9.16. The van der Waals surface area contributed by atoms with Gasteiger partial charge in [-0.25, -0.2) is 0 Å². The standard InChI is InChI=1S/C29H28/c1-19-18-21-15-14-20-8-2-3-9-23(20)29(21)22(19)16-17-28-26-12-6-4-10-24(26)25-11-5-7-13-27(25)28/h4-7,10-15,18,22,28H,2-3,8-9,16-17H2,1H3. The van der Waals surface area contributed by atoms with Crippen molar-refractivity contribution < 1.29 is 0 Å². The molecule has 1 unspecified atom stereocenters. The maximum Gasteiger partial charge on any atom is 0.0102 e. The van der Waals surface area contributed by atoms with Crippen LogP contribution < -0.4 is 0 Å². The Hall–Kier alpha value is -2.60. The SMILES string of the molecule is CC1=Cc2ccc3c(c2C1CCC1c2ccccc2-c2ccccc21)CCCC3. The van der Waals surface area contributed by atoms with Crippen molar-refractivity contribution in [2.75, 3.05) is 0 Å². The number of allylic oxidation sites excluding steroid dienone is 1. The van der Waals surface area contributed by atoms with E-state index >= 15 is 0 Å². The van der Waals surface area contributed by atoms with Crippen molar-refractivity contribution in [2.24, 2.45) is 0 Å². The molecular weight excluding hydrogens is 348 g/mol. The van der Waals surface area contributed by atoms with Gasteiger partial charge in [-0.05, 0) is 90.0 Å². The fraction of sp³-hybridized carbons (Fsp3) is 0.310. The summed E-state index contributed by atoms with van der Waals surface area (Å²) in [4.78, 5) is 0. The fourth-order valence-corrected chi connectivity index (χ4v) is 6.26. The minimum atomic E-state index is 0.541. The van der Waals surface area contributed by atoms with E-state index in [1.165, 1.54) is 66.3 Å². The Labute approximate surface area is 174 Å². The first kappa shape index (κ1) is 17.3. The van der Waals surface area contributed by atoms with Crippen LogP contribution in [0.3, 0.4) is 0 Å². The van der Waals surface area contributed by atoms with Crippen LogP contribution in [-0.4, -0.2) is 0 Å². The molecule has 0 fully saturated rings. The van der Waals surface area contributed by atoms with Gasteiger partial charge in [-0.15, -0.1) is 0 Å². The van der Waals surface area contributed by atoms with E-state index in [1.54, 1.807) is 22.3 Å². The lowest BCUT2D eigenvalue weighted by Gasteiger charge is -2.25. The topological polar surface area (TPSA) is 0 Å². The number of hydrogen-bond donors (Lipinski definition) is 0. The fourth-order valence-electron chi connectivity index (χ4n) is 6.26. The molecule has 0 nitrogen and oxygen atoms in total. The Morgan fingerprint density at radius 3 is 2.14 bits per heavy atom. The van der Waals surface area contributed by atoms with Crippen LogP contribution in [0.4, 0.5) is 0 Å². The second-order valence-corrected chi connectivity index (χ2v) is 9.16. The lowest BCUT2D eigenvalue weighted by Crippen LogP contribution is -2.10. The summed E-state index contributed by atoms with van der Waals surface area (Å²) in [6, 6.07) is 22.9. The van der Waals surface area contributed by atoms with Crippen LogP contribution in [0, 0.1) is 0 Å². The number of aryl methyl sites for hydroxylation is 1. The third-order valence-corrected chi connectivity index (χ3v) is 7.60. The minimum Gasteiger partial charge on any atom is -0.0652 e. The first-order valence-corrected chi connectivity index (χ1v) is 11.3. The van der Waals surface area contributed by atoms with Crippen molar-refractivity contribution in [3.8, 4) is 11.1 Å². The van der Waals surface area contributed by atoms with Crippen LogP contribution in [0.15, 0.2) is 66.2 Å². The maximum atomic E-state index is 2.46. The molecule has 0 aromatic heterocycles. The molecule has 1 atom stereocenters. The zero-order valence-corrected chi connectivity index (χ0v) is 17.2. The highest BCUT2D eigenvalue weighted by atomic mass is 14.4. The lowest BCUT2D eigenvalue weighted by molar-refractivity contribution is 0.605. The molecule has 0 heterocycles. The predicted molar refractivity (Wildman–Crippen MR) is 122 cm³/mol. The van der Waals surface area contributed by atoms with Crippen LogP contribution in [0.25, 0.3) is 17.2 Å². The zero-order chi connectivity index (χ0) is 19.4. The van der Waals surface area contributed by atoms with Gasteiger partial charge in [0, 0.05) is 11.8 Å². The summed E-state index contributed by atoms with van der Waals surface area (Å²) in [6.45, 7) is 2.36. The Bertz CT molecular complexity index is 1090. The third kappa shape index (κ3) is 2.65. The highest BCUT2D eigenvalue weighted by molar-refractivity contribution is 5.78. The molecule has 3 aliphatic carbocycles. The van der Waals surface area contributed by atoms with E-state index in [4.69, 9.17) is 0 Å². The second kappa shape index (κ2) is 6.73. The molecule has 6 rings (SSSR count). The largest absolute Gasteiger partial charge is 0.0652 e. The van der Waals surface area contributed by atoms with Crippen LogP contribution >= 0.6 is 0 Å². The molecule has 0 amide bonds. The van der Waals surface area contributed by atoms with Crippen molar-refractivity contribution >= 4 is 6.08 Å². The average Bonchev–Trinajstić information content (AvgIpc) is 3.26. The third-order valence-electron chi connectivity index (χ3n) is 7.60. The van der Waals surface area contributed by atoms with Crippen LogP contribution in [0.5, 0.6) is 0 Å². The van der Waals surface area contributed by atoms with Crippen molar-refractivity contribution in [1.82, 2.24) is 0 Å². The first-order chi connectivity index (χ1) is 14.3. The van der Waals surface area contributed by atoms with E-state index < -0.39 is 0 Å². The van der Waals surface area contributed by atoms with Crippen molar-refractivity contribution in [3.05, 3.63) is 99.6 Å². The predicted octanol–water partition coefficient (Wildman–Crippen LogP) is 7.66. The van der Waals surface area contributed by atoms with E-state index in [-0.39, 0.29) is 0 Å². The first-order valence-electron chi connectivity index (χ1n) is 11.3. The summed E-state index contributed by atoms with van der Waals surface area (Å²) < 4.78 is 0. The minimum absolute atomic E-state index is 0.541. The van der Waals surface area contributed by atoms with Crippen molar-refractivity contribution in [2.45, 2.75) is 57.3 Å². The summed E-state index contributed by atoms with van der Waals surface area (Å²) in [6.07, 6.45) is 10.2. The normalized spacial score (nSPS) is 19.3. The molecule has 144 valence electrons. The van der Waals surface area contributed by atoms with E-state index in [0.717, 1.165) is 0 Å². The van der Waals surface area contributed by atoms with E-state index in [0.29, 0.717) is 11.8 Å². The maximum absolute atomic E-state index is 2.46. The molecule has 3 aromatic rings. The van der Waals surface area contributed by atoms with Crippen molar-refractivity contribution in [3.63, 3.8) is 0 Å². The van der Waals surface area contributed by atoms with Gasteiger partial charge in [0.1, 0.15) is 0 Å². The summed E-state index contributed by atoms with van der Waals surface area (Å²) in [7, 11) is 0. The molecular formula is C29H28. The van der Waals surface area contributed by atoms with Gasteiger partial charge >= 0.3 is 0 Å². The van der Waals surface area contributed by atoms with Gasteiger partial charge in [0.15, 0.2) is 0 Å². The van der Waals surface area contributed by atoms with Crippen LogP contribution in [0.1, 0.15) is 77.8 Å². The summed E-state index contributed by atoms with van der Waals surface area (Å²) in [5, 5.41) is 0. The molecule has 3 aliphatic rings. The number of benzene rings is 3. The van der Waals surface area contributed by atoms with Crippen LogP contribution in [-0.2, 0) is 12.8 Å². The van der Waals surface area contributed by atoms with Gasteiger partial charge in [-0.3, -0.25) is 0 Å². The van der Waals surface area contributed by atoms with Crippen LogP contribution in [0.2, 0.25) is 0 Å². The molecule has 0 saturated carbocycles. The van der Waals surface area contributed by atoms with Gasteiger partial charge in [-0.2, -0.15) is 0 Å². The zero-order valence-electron chi connectivity index (χ0n) is 17.2. The summed E-state index contributed by atoms with van der Waals surface area (Å²) in [5.74, 6) is 1.15. The molecule has 0 aliphatic heterocycles. The highest BCUT2D eigenvalue weighted by Crippen LogP contribution is 2.50. The van der Waals surface area contributed by atoms with Gasteiger partial charge in [0.05, 0.1) is 0 Å². The number of fused-ring (bicyclic) bond motifs is 6. The smallest absolute Gasteiger partial charge is 0.0102 e. The monoisotopic (exact) mass is 376 g/mol. The van der Waals surface area contributed by atoms with Gasteiger partial charge in [0.2, 0.25) is 0 Å². The Morgan fingerprint density at radius 1 is 0.724 bits per heavy atom. The quantitative estimate of drug-likeness (QED) is 0.440. The summed E-state index contributed by atoms with van der Waals surface area (Å²) in [5.41, 5.74) is 14.0. The molecule has 0 bridgehead atoms. The lowest BCUT2D eigenvalue weighted by atomic mass is 9.79. The number of rotatable bonds is 3. The number of hydrogen-bond acceptors (Lipinski definition) is 0.